The third kappa shape index (κ3) is 22.8. The maximum atomic E-state index is 11.8. The molecule has 0 saturated heterocycles. The van der Waals surface area contributed by atoms with E-state index in [9.17, 15) is 8.42 Å². The molecule has 0 aromatic heterocycles. The second-order valence-electron chi connectivity index (χ2n) is 9.66. The molecule has 0 aromatic carbocycles. The normalized spacial score (nSPS) is 14.1. The third-order valence-electron chi connectivity index (χ3n) is 6.24. The molecule has 188 valence electrons. The Morgan fingerprint density at radius 1 is 0.516 bits per heavy atom. The van der Waals surface area contributed by atoms with Gasteiger partial charge in [-0.25, -0.2) is 8.37 Å². The Morgan fingerprint density at radius 3 is 1.19 bits per heavy atom. The first kappa shape index (κ1) is 30.9. The molecule has 0 spiro atoms. The molecular weight excluding hydrogens is 408 g/mol. The molecule has 5 heteroatoms. The fourth-order valence-corrected chi connectivity index (χ4v) is 4.74. The zero-order valence-corrected chi connectivity index (χ0v) is 22.2. The summed E-state index contributed by atoms with van der Waals surface area (Å²) in [5.41, 5.74) is 0. The van der Waals surface area contributed by atoms with Gasteiger partial charge in [0.1, 0.15) is 0 Å². The lowest BCUT2D eigenvalue weighted by Crippen LogP contribution is -2.12. The summed E-state index contributed by atoms with van der Waals surface area (Å²) in [5, 5.41) is 0. The van der Waals surface area contributed by atoms with Gasteiger partial charge < -0.3 is 0 Å². The van der Waals surface area contributed by atoms with Crippen molar-refractivity contribution < 1.29 is 16.8 Å². The van der Waals surface area contributed by atoms with E-state index in [4.69, 9.17) is 8.37 Å². The molecule has 0 aromatic rings. The van der Waals surface area contributed by atoms with Crippen LogP contribution in [0.25, 0.3) is 0 Å². The first-order chi connectivity index (χ1) is 14.9. The highest BCUT2D eigenvalue weighted by molar-refractivity contribution is 7.81. The van der Waals surface area contributed by atoms with Crippen molar-refractivity contribution in [2.24, 2.45) is 11.8 Å². The molecule has 0 fully saturated rings. The van der Waals surface area contributed by atoms with Crippen LogP contribution >= 0.6 is 0 Å². The highest BCUT2D eigenvalue weighted by Gasteiger charge is 2.11. The Balaban J connectivity index is 3.49. The fourth-order valence-electron chi connectivity index (χ4n) is 4.03. The zero-order valence-electron chi connectivity index (χ0n) is 21.3. The van der Waals surface area contributed by atoms with E-state index in [1.54, 1.807) is 0 Å². The number of unbranched alkanes of at least 4 members (excludes halogenated alkanes) is 10. The van der Waals surface area contributed by atoms with E-state index in [0.29, 0.717) is 0 Å². The van der Waals surface area contributed by atoms with Gasteiger partial charge in [-0.3, -0.25) is 0 Å². The van der Waals surface area contributed by atoms with Gasteiger partial charge in [0.15, 0.2) is 0 Å². The standard InChI is InChI=1S/C26H54O4S/c1-5-7-13-19-25(3)21-15-9-11-17-23-29-31(27,28)30-24-18-12-10-16-22-26(4)20-14-8-6-2/h25-26H,5-24H2,1-4H3. The predicted molar refractivity (Wildman–Crippen MR) is 134 cm³/mol. The lowest BCUT2D eigenvalue weighted by molar-refractivity contribution is 0.207. The molecule has 0 aliphatic heterocycles. The average Bonchev–Trinajstić information content (AvgIpc) is 2.72. The van der Waals surface area contributed by atoms with Gasteiger partial charge in [-0.05, 0) is 24.7 Å². The van der Waals surface area contributed by atoms with Gasteiger partial charge >= 0.3 is 10.4 Å². The summed E-state index contributed by atoms with van der Waals surface area (Å²) >= 11 is 0. The van der Waals surface area contributed by atoms with E-state index >= 15 is 0 Å². The van der Waals surface area contributed by atoms with E-state index in [1.807, 2.05) is 0 Å². The minimum atomic E-state index is -3.82. The van der Waals surface area contributed by atoms with E-state index in [2.05, 4.69) is 27.7 Å². The maximum absolute atomic E-state index is 11.8. The Bertz CT molecular complexity index is 428. The van der Waals surface area contributed by atoms with Crippen molar-refractivity contribution in [3.63, 3.8) is 0 Å². The molecule has 2 atom stereocenters. The molecule has 0 heterocycles. The second kappa shape index (κ2) is 21.7. The van der Waals surface area contributed by atoms with E-state index in [-0.39, 0.29) is 13.2 Å². The summed E-state index contributed by atoms with van der Waals surface area (Å²) in [6.45, 7) is 9.66. The van der Waals surface area contributed by atoms with Gasteiger partial charge in [-0.2, -0.15) is 8.42 Å². The molecule has 2 unspecified atom stereocenters. The monoisotopic (exact) mass is 462 g/mol. The van der Waals surface area contributed by atoms with Crippen LogP contribution in [0.4, 0.5) is 0 Å². The highest BCUT2D eigenvalue weighted by atomic mass is 32.3. The SMILES string of the molecule is CCCCCC(C)CCCCCCOS(=O)(=O)OCCCCCCC(C)CCCCC. The van der Waals surface area contributed by atoms with Gasteiger partial charge in [0.05, 0.1) is 13.2 Å². The molecule has 4 nitrogen and oxygen atoms in total. The van der Waals surface area contributed by atoms with Crippen LogP contribution in [0.1, 0.15) is 143 Å². The Labute approximate surface area is 195 Å². The molecule has 0 aliphatic carbocycles. The van der Waals surface area contributed by atoms with Crippen molar-refractivity contribution in [1.82, 2.24) is 0 Å². The zero-order chi connectivity index (χ0) is 23.2. The number of hydrogen-bond acceptors (Lipinski definition) is 4. The molecular formula is C26H54O4S. The van der Waals surface area contributed by atoms with Crippen molar-refractivity contribution in [1.29, 1.82) is 0 Å². The average molecular weight is 463 g/mol. The van der Waals surface area contributed by atoms with Crippen LogP contribution in [-0.2, 0) is 18.8 Å². The summed E-state index contributed by atoms with van der Waals surface area (Å²) < 4.78 is 33.5. The van der Waals surface area contributed by atoms with Crippen molar-refractivity contribution in [3.8, 4) is 0 Å². The summed E-state index contributed by atoms with van der Waals surface area (Å²) in [6.07, 6.45) is 21.6. The molecule has 0 radical (unpaired) electrons. The molecule has 0 N–H and O–H groups in total. The van der Waals surface area contributed by atoms with E-state index in [0.717, 1.165) is 50.4 Å². The Kier molecular flexibility index (Phi) is 21.6. The summed E-state index contributed by atoms with van der Waals surface area (Å²) in [5.74, 6) is 1.62. The number of rotatable bonds is 24. The molecule has 0 amide bonds. The Morgan fingerprint density at radius 2 is 0.839 bits per heavy atom. The van der Waals surface area contributed by atoms with E-state index < -0.39 is 10.4 Å². The molecule has 0 bridgehead atoms. The van der Waals surface area contributed by atoms with Gasteiger partial charge in [-0.15, -0.1) is 0 Å². The minimum absolute atomic E-state index is 0.240. The van der Waals surface area contributed by atoms with Crippen LogP contribution in [0.5, 0.6) is 0 Å². The van der Waals surface area contributed by atoms with Gasteiger partial charge in [-0.1, -0.05) is 130 Å². The van der Waals surface area contributed by atoms with Crippen LogP contribution in [0.3, 0.4) is 0 Å². The van der Waals surface area contributed by atoms with Crippen LogP contribution in [-0.4, -0.2) is 21.6 Å². The van der Waals surface area contributed by atoms with Gasteiger partial charge in [0.25, 0.3) is 0 Å². The molecule has 0 rings (SSSR count). The summed E-state index contributed by atoms with van der Waals surface area (Å²) in [6, 6.07) is 0. The maximum Gasteiger partial charge on any atom is 0.399 e. The number of hydrogen-bond donors (Lipinski definition) is 0. The third-order valence-corrected chi connectivity index (χ3v) is 7.15. The molecule has 0 saturated carbocycles. The predicted octanol–water partition coefficient (Wildman–Crippen LogP) is 8.60. The fraction of sp³-hybridized carbons (Fsp3) is 1.00. The smallest absolute Gasteiger partial charge is 0.248 e. The quantitative estimate of drug-likeness (QED) is 0.135. The highest BCUT2D eigenvalue weighted by Crippen LogP contribution is 2.18. The first-order valence-corrected chi connectivity index (χ1v) is 14.8. The lowest BCUT2D eigenvalue weighted by atomic mass is 9.97. The largest absolute Gasteiger partial charge is 0.399 e. The van der Waals surface area contributed by atoms with Crippen LogP contribution in [0, 0.1) is 11.8 Å². The van der Waals surface area contributed by atoms with Crippen LogP contribution < -0.4 is 0 Å². The first-order valence-electron chi connectivity index (χ1n) is 13.4. The molecule has 31 heavy (non-hydrogen) atoms. The van der Waals surface area contributed by atoms with Crippen molar-refractivity contribution in [3.05, 3.63) is 0 Å². The summed E-state index contributed by atoms with van der Waals surface area (Å²) in [7, 11) is -3.82. The van der Waals surface area contributed by atoms with Gasteiger partial charge in [0, 0.05) is 0 Å². The second-order valence-corrected chi connectivity index (χ2v) is 10.9. The molecule has 0 aliphatic rings. The summed E-state index contributed by atoms with van der Waals surface area (Å²) in [4.78, 5) is 0. The van der Waals surface area contributed by atoms with Crippen molar-refractivity contribution >= 4 is 10.4 Å². The van der Waals surface area contributed by atoms with Gasteiger partial charge in [0.2, 0.25) is 0 Å². The van der Waals surface area contributed by atoms with Crippen molar-refractivity contribution in [2.45, 2.75) is 143 Å². The topological polar surface area (TPSA) is 52.6 Å². The van der Waals surface area contributed by atoms with Crippen LogP contribution in [0.15, 0.2) is 0 Å². The van der Waals surface area contributed by atoms with E-state index in [1.165, 1.54) is 77.0 Å². The lowest BCUT2D eigenvalue weighted by Gasteiger charge is -2.11. The van der Waals surface area contributed by atoms with Crippen molar-refractivity contribution in [2.75, 3.05) is 13.2 Å². The minimum Gasteiger partial charge on any atom is -0.248 e. The Hall–Kier alpha value is -0.130. The van der Waals surface area contributed by atoms with Crippen LogP contribution in [0.2, 0.25) is 0 Å².